The summed E-state index contributed by atoms with van der Waals surface area (Å²) in [5.41, 5.74) is 1.74. The van der Waals surface area contributed by atoms with Crippen LogP contribution >= 0.6 is 0 Å². The first kappa shape index (κ1) is 16.0. The predicted octanol–water partition coefficient (Wildman–Crippen LogP) is 2.20. The topological polar surface area (TPSA) is 81.1 Å². The lowest BCUT2D eigenvalue weighted by atomic mass is 10.1. The Bertz CT molecular complexity index is 600. The van der Waals surface area contributed by atoms with Gasteiger partial charge in [0.1, 0.15) is 12.7 Å². The van der Waals surface area contributed by atoms with Gasteiger partial charge in [0, 0.05) is 18.8 Å². The monoisotopic (exact) mass is 303 g/mol. The summed E-state index contributed by atoms with van der Waals surface area (Å²) in [5.74, 6) is 0. The van der Waals surface area contributed by atoms with Gasteiger partial charge in [0.15, 0.2) is 0 Å². The van der Waals surface area contributed by atoms with Crippen LogP contribution in [0.2, 0.25) is 0 Å². The summed E-state index contributed by atoms with van der Waals surface area (Å²) in [5, 5.41) is 9.69. The zero-order valence-electron chi connectivity index (χ0n) is 13.0. The minimum Gasteiger partial charge on any atom is -0.377 e. The van der Waals surface area contributed by atoms with Gasteiger partial charge < -0.3 is 15.4 Å². The first-order chi connectivity index (χ1) is 10.6. The van der Waals surface area contributed by atoms with E-state index in [1.807, 2.05) is 38.1 Å². The van der Waals surface area contributed by atoms with Gasteiger partial charge >= 0.3 is 6.03 Å². The van der Waals surface area contributed by atoms with Crippen LogP contribution in [0, 0.1) is 0 Å². The quantitative estimate of drug-likeness (QED) is 0.857. The number of urea groups is 1. The van der Waals surface area contributed by atoms with E-state index in [0.717, 1.165) is 11.3 Å². The summed E-state index contributed by atoms with van der Waals surface area (Å²) >= 11 is 0. The number of nitrogens with zero attached hydrogens (tertiary/aromatic N) is 3. The van der Waals surface area contributed by atoms with Gasteiger partial charge in [-0.3, -0.25) is 4.68 Å². The lowest BCUT2D eigenvalue weighted by Crippen LogP contribution is -2.38. The number of nitrogens with one attached hydrogen (secondary N) is 2. The standard InChI is InChI=1S/C15H21N5O2/c1-11(8-20-10-16-9-17-20)18-15(21)19-14-6-4-5-13(7-14)12(2)22-3/h4-7,9-12H,8H2,1-3H3,(H2,18,19,21)/t11-,12-/m0/s1. The normalized spacial score (nSPS) is 13.4. The van der Waals surface area contributed by atoms with Gasteiger partial charge in [-0.2, -0.15) is 5.10 Å². The van der Waals surface area contributed by atoms with E-state index in [-0.39, 0.29) is 18.2 Å². The van der Waals surface area contributed by atoms with Gasteiger partial charge in [0.05, 0.1) is 12.6 Å². The molecule has 0 aliphatic rings. The second-order valence-electron chi connectivity index (χ2n) is 5.12. The van der Waals surface area contributed by atoms with Crippen LogP contribution in [0.25, 0.3) is 0 Å². The summed E-state index contributed by atoms with van der Waals surface area (Å²) in [6.07, 6.45) is 3.07. The van der Waals surface area contributed by atoms with Crippen molar-refractivity contribution in [2.24, 2.45) is 0 Å². The zero-order chi connectivity index (χ0) is 15.9. The molecule has 0 bridgehead atoms. The number of anilines is 1. The van der Waals surface area contributed by atoms with Gasteiger partial charge in [-0.1, -0.05) is 12.1 Å². The molecular weight excluding hydrogens is 282 g/mol. The Kier molecular flexibility index (Phi) is 5.48. The molecular formula is C15H21N5O2. The molecule has 22 heavy (non-hydrogen) atoms. The molecule has 0 fully saturated rings. The van der Waals surface area contributed by atoms with Crippen LogP contribution in [-0.2, 0) is 11.3 Å². The molecule has 0 saturated carbocycles. The Morgan fingerprint density at radius 1 is 1.41 bits per heavy atom. The Hall–Kier alpha value is -2.41. The minimum absolute atomic E-state index is 0.0175. The summed E-state index contributed by atoms with van der Waals surface area (Å²) in [6, 6.07) is 7.27. The van der Waals surface area contributed by atoms with Crippen LogP contribution in [0.3, 0.4) is 0 Å². The van der Waals surface area contributed by atoms with Crippen molar-refractivity contribution < 1.29 is 9.53 Å². The Morgan fingerprint density at radius 2 is 2.23 bits per heavy atom. The van der Waals surface area contributed by atoms with E-state index in [9.17, 15) is 4.79 Å². The van der Waals surface area contributed by atoms with Crippen molar-refractivity contribution in [3.63, 3.8) is 0 Å². The van der Waals surface area contributed by atoms with Gasteiger partial charge in [0.2, 0.25) is 0 Å². The molecule has 2 aromatic rings. The summed E-state index contributed by atoms with van der Waals surface area (Å²) in [6.45, 7) is 4.43. The molecule has 0 saturated heterocycles. The Labute approximate surface area is 129 Å². The molecule has 2 atom stereocenters. The second-order valence-corrected chi connectivity index (χ2v) is 5.12. The molecule has 1 heterocycles. The largest absolute Gasteiger partial charge is 0.377 e. The Balaban J connectivity index is 1.88. The fraction of sp³-hybridized carbons (Fsp3) is 0.400. The van der Waals surface area contributed by atoms with E-state index in [2.05, 4.69) is 20.7 Å². The van der Waals surface area contributed by atoms with Crippen LogP contribution in [-0.4, -0.2) is 33.9 Å². The highest BCUT2D eigenvalue weighted by molar-refractivity contribution is 5.89. The smallest absolute Gasteiger partial charge is 0.319 e. The molecule has 0 radical (unpaired) electrons. The lowest BCUT2D eigenvalue weighted by molar-refractivity contribution is 0.119. The van der Waals surface area contributed by atoms with Crippen LogP contribution in [0.5, 0.6) is 0 Å². The number of carbonyl (C=O) groups is 1. The number of aromatic nitrogens is 3. The molecule has 2 N–H and O–H groups in total. The first-order valence-corrected chi connectivity index (χ1v) is 7.11. The van der Waals surface area contributed by atoms with Crippen molar-refractivity contribution >= 4 is 11.7 Å². The number of amides is 2. The van der Waals surface area contributed by atoms with E-state index in [1.54, 1.807) is 18.1 Å². The van der Waals surface area contributed by atoms with Crippen LogP contribution < -0.4 is 10.6 Å². The van der Waals surface area contributed by atoms with E-state index >= 15 is 0 Å². The SMILES string of the molecule is CO[C@@H](C)c1cccc(NC(=O)N[C@@H](C)Cn2cncn2)c1. The minimum atomic E-state index is -0.255. The predicted molar refractivity (Wildman–Crippen MR) is 83.5 cm³/mol. The molecule has 0 unspecified atom stereocenters. The number of benzene rings is 1. The number of hydrogen-bond acceptors (Lipinski definition) is 4. The van der Waals surface area contributed by atoms with E-state index in [4.69, 9.17) is 4.74 Å². The fourth-order valence-electron chi connectivity index (χ4n) is 2.05. The first-order valence-electron chi connectivity index (χ1n) is 7.11. The number of ether oxygens (including phenoxy) is 1. The second kappa shape index (κ2) is 7.56. The summed E-state index contributed by atoms with van der Waals surface area (Å²) < 4.78 is 6.95. The molecule has 7 nitrogen and oxygen atoms in total. The van der Waals surface area contributed by atoms with E-state index < -0.39 is 0 Å². The van der Waals surface area contributed by atoms with Gasteiger partial charge in [-0.15, -0.1) is 0 Å². The average molecular weight is 303 g/mol. The van der Waals surface area contributed by atoms with Crippen molar-refractivity contribution in [2.75, 3.05) is 12.4 Å². The molecule has 0 aliphatic heterocycles. The van der Waals surface area contributed by atoms with Gasteiger partial charge in [-0.25, -0.2) is 9.78 Å². The maximum atomic E-state index is 12.0. The average Bonchev–Trinajstić information content (AvgIpc) is 2.99. The maximum Gasteiger partial charge on any atom is 0.319 e. The molecule has 2 rings (SSSR count). The third-order valence-corrected chi connectivity index (χ3v) is 3.27. The van der Waals surface area contributed by atoms with E-state index in [0.29, 0.717) is 6.54 Å². The van der Waals surface area contributed by atoms with Gasteiger partial charge in [-0.05, 0) is 31.5 Å². The third-order valence-electron chi connectivity index (χ3n) is 3.27. The number of hydrogen-bond donors (Lipinski definition) is 2. The molecule has 0 aliphatic carbocycles. The molecule has 1 aromatic heterocycles. The highest BCUT2D eigenvalue weighted by Crippen LogP contribution is 2.19. The maximum absolute atomic E-state index is 12.0. The summed E-state index contributed by atoms with van der Waals surface area (Å²) in [7, 11) is 1.66. The lowest BCUT2D eigenvalue weighted by Gasteiger charge is -2.15. The fourth-order valence-corrected chi connectivity index (χ4v) is 2.05. The highest BCUT2D eigenvalue weighted by Gasteiger charge is 2.10. The van der Waals surface area contributed by atoms with Crippen molar-refractivity contribution in [1.82, 2.24) is 20.1 Å². The summed E-state index contributed by atoms with van der Waals surface area (Å²) in [4.78, 5) is 15.9. The Morgan fingerprint density at radius 3 is 2.91 bits per heavy atom. The zero-order valence-corrected chi connectivity index (χ0v) is 13.0. The molecule has 1 aromatic carbocycles. The highest BCUT2D eigenvalue weighted by atomic mass is 16.5. The molecule has 2 amide bonds. The van der Waals surface area contributed by atoms with Crippen molar-refractivity contribution in [1.29, 1.82) is 0 Å². The van der Waals surface area contributed by atoms with Gasteiger partial charge in [0.25, 0.3) is 0 Å². The van der Waals surface area contributed by atoms with Crippen LogP contribution in [0.4, 0.5) is 10.5 Å². The number of rotatable bonds is 6. The van der Waals surface area contributed by atoms with Crippen molar-refractivity contribution in [2.45, 2.75) is 32.5 Å². The number of methoxy groups -OCH3 is 1. The van der Waals surface area contributed by atoms with Crippen LogP contribution in [0.15, 0.2) is 36.9 Å². The molecule has 0 spiro atoms. The number of carbonyl (C=O) groups excluding carboxylic acids is 1. The molecule has 118 valence electrons. The molecule has 7 heteroatoms. The third kappa shape index (κ3) is 4.56. The van der Waals surface area contributed by atoms with Crippen molar-refractivity contribution in [3.8, 4) is 0 Å². The van der Waals surface area contributed by atoms with E-state index in [1.165, 1.54) is 6.33 Å². The van der Waals surface area contributed by atoms with Crippen LogP contribution in [0.1, 0.15) is 25.5 Å². The van der Waals surface area contributed by atoms with Crippen molar-refractivity contribution in [3.05, 3.63) is 42.5 Å².